The lowest BCUT2D eigenvalue weighted by Gasteiger charge is -2.40. The van der Waals surface area contributed by atoms with E-state index in [0.29, 0.717) is 13.0 Å². The minimum absolute atomic E-state index is 0.0225. The van der Waals surface area contributed by atoms with Crippen LogP contribution in [0.15, 0.2) is 41.8 Å². The zero-order valence-electron chi connectivity index (χ0n) is 10.4. The second-order valence-electron chi connectivity index (χ2n) is 5.51. The van der Waals surface area contributed by atoms with Crippen molar-refractivity contribution in [2.24, 2.45) is 22.7 Å². The molecule has 0 N–H and O–H groups in total. The predicted octanol–water partition coefficient (Wildman–Crippen LogP) is 1.64. The molecule has 4 aliphatic rings. The van der Waals surface area contributed by atoms with Crippen LogP contribution in [0, 0.1) is 17.8 Å². The van der Waals surface area contributed by atoms with Crippen LogP contribution in [0.1, 0.15) is 6.42 Å². The van der Waals surface area contributed by atoms with Crippen molar-refractivity contribution < 1.29 is 14.3 Å². The monoisotopic (exact) mass is 257 g/mol. The number of hydrogen-bond donors (Lipinski definition) is 0. The first-order valence-electron chi connectivity index (χ1n) is 6.68. The zero-order chi connectivity index (χ0) is 12.9. The molecule has 0 amide bonds. The Hall–Kier alpha value is -1.68. The number of Topliss-reactive ketones (excluding diaryl/α,β-unsaturated/α-hetero) is 1. The standard InChI is InChI=1S/C15H15NO3/c17-12-3-1-2-11-13(12)14-10(8-16-11)9-19-15(14)4-6-18-7-5-15/h1-2,4-8,10-11,13-14H,3,9H2. The zero-order valence-corrected chi connectivity index (χ0v) is 10.4. The maximum absolute atomic E-state index is 12.3. The molecule has 1 fully saturated rings. The molecule has 1 saturated heterocycles. The van der Waals surface area contributed by atoms with Crippen molar-refractivity contribution in [3.05, 3.63) is 36.8 Å². The summed E-state index contributed by atoms with van der Waals surface area (Å²) >= 11 is 0. The lowest BCUT2D eigenvalue weighted by Crippen LogP contribution is -2.49. The maximum Gasteiger partial charge on any atom is 0.142 e. The van der Waals surface area contributed by atoms with Crippen LogP contribution in [0.5, 0.6) is 0 Å². The van der Waals surface area contributed by atoms with Gasteiger partial charge in [0, 0.05) is 24.5 Å². The molecular weight excluding hydrogens is 242 g/mol. The quantitative estimate of drug-likeness (QED) is 0.620. The molecule has 1 aliphatic carbocycles. The first-order valence-corrected chi connectivity index (χ1v) is 6.68. The third kappa shape index (κ3) is 1.49. The number of allylic oxidation sites excluding steroid dienone is 1. The van der Waals surface area contributed by atoms with Crippen molar-refractivity contribution in [3.63, 3.8) is 0 Å². The van der Waals surface area contributed by atoms with E-state index in [9.17, 15) is 4.79 Å². The number of aliphatic imine (C=N–C) groups is 1. The van der Waals surface area contributed by atoms with Crippen LogP contribution in [-0.4, -0.2) is 30.2 Å². The van der Waals surface area contributed by atoms with E-state index in [1.165, 1.54) is 0 Å². The Bertz CT molecular complexity index is 520. The summed E-state index contributed by atoms with van der Waals surface area (Å²) in [5.41, 5.74) is -0.501. The third-order valence-corrected chi connectivity index (χ3v) is 4.55. The van der Waals surface area contributed by atoms with E-state index in [-0.39, 0.29) is 29.6 Å². The smallest absolute Gasteiger partial charge is 0.142 e. The van der Waals surface area contributed by atoms with Gasteiger partial charge >= 0.3 is 0 Å². The molecular formula is C15H15NO3. The molecule has 3 heterocycles. The number of nitrogens with zero attached hydrogens (tertiary/aromatic N) is 1. The highest BCUT2D eigenvalue weighted by molar-refractivity contribution is 5.87. The van der Waals surface area contributed by atoms with E-state index in [1.54, 1.807) is 12.5 Å². The molecule has 1 spiro atoms. The molecule has 0 saturated carbocycles. The molecule has 0 aromatic rings. The second-order valence-corrected chi connectivity index (χ2v) is 5.51. The molecule has 4 unspecified atom stereocenters. The summed E-state index contributed by atoms with van der Waals surface area (Å²) in [5, 5.41) is 0. The van der Waals surface area contributed by atoms with Crippen molar-refractivity contribution in [3.8, 4) is 0 Å². The number of carbonyl (C=O) groups is 1. The van der Waals surface area contributed by atoms with Gasteiger partial charge in [0.1, 0.15) is 11.4 Å². The van der Waals surface area contributed by atoms with E-state index in [4.69, 9.17) is 9.47 Å². The van der Waals surface area contributed by atoms with Gasteiger partial charge in [-0.15, -0.1) is 0 Å². The summed E-state index contributed by atoms with van der Waals surface area (Å²) in [4.78, 5) is 16.9. The Morgan fingerprint density at radius 2 is 2.16 bits per heavy atom. The molecule has 0 radical (unpaired) electrons. The summed E-state index contributed by atoms with van der Waals surface area (Å²) < 4.78 is 11.1. The van der Waals surface area contributed by atoms with Crippen LogP contribution >= 0.6 is 0 Å². The van der Waals surface area contributed by atoms with E-state index in [0.717, 1.165) is 0 Å². The highest BCUT2D eigenvalue weighted by Crippen LogP contribution is 2.48. The van der Waals surface area contributed by atoms with Crippen LogP contribution in [0.3, 0.4) is 0 Å². The number of carbonyl (C=O) groups excluding carboxylic acids is 1. The normalized spacial score (nSPS) is 41.2. The molecule has 3 aliphatic heterocycles. The molecule has 4 atom stereocenters. The van der Waals surface area contributed by atoms with Crippen molar-refractivity contribution >= 4 is 12.0 Å². The Kier molecular flexibility index (Phi) is 2.30. The second kappa shape index (κ2) is 3.90. The van der Waals surface area contributed by atoms with Gasteiger partial charge in [0.2, 0.25) is 0 Å². The first kappa shape index (κ1) is 11.2. The topological polar surface area (TPSA) is 47.9 Å². The fourth-order valence-corrected chi connectivity index (χ4v) is 3.70. The first-order chi connectivity index (χ1) is 9.30. The van der Waals surface area contributed by atoms with Gasteiger partial charge in [-0.3, -0.25) is 9.79 Å². The predicted molar refractivity (Wildman–Crippen MR) is 69.6 cm³/mol. The van der Waals surface area contributed by atoms with E-state index >= 15 is 0 Å². The molecule has 0 bridgehead atoms. The van der Waals surface area contributed by atoms with Crippen molar-refractivity contribution in [2.45, 2.75) is 18.1 Å². The van der Waals surface area contributed by atoms with E-state index in [1.807, 2.05) is 24.4 Å². The van der Waals surface area contributed by atoms with Gasteiger partial charge in [-0.1, -0.05) is 12.2 Å². The van der Waals surface area contributed by atoms with Crippen LogP contribution in [0.4, 0.5) is 0 Å². The van der Waals surface area contributed by atoms with E-state index in [2.05, 4.69) is 11.1 Å². The molecule has 98 valence electrons. The Morgan fingerprint density at radius 3 is 3.00 bits per heavy atom. The van der Waals surface area contributed by atoms with Gasteiger partial charge in [0.25, 0.3) is 0 Å². The third-order valence-electron chi connectivity index (χ3n) is 4.55. The Balaban J connectivity index is 1.80. The largest absolute Gasteiger partial charge is 0.473 e. The molecule has 4 rings (SSSR count). The molecule has 4 nitrogen and oxygen atoms in total. The number of ether oxygens (including phenoxy) is 2. The van der Waals surface area contributed by atoms with Crippen molar-refractivity contribution in [1.29, 1.82) is 0 Å². The van der Waals surface area contributed by atoms with Gasteiger partial charge in [0.05, 0.1) is 31.1 Å². The SMILES string of the molecule is O=C1CC=CC2N=CC3COC4(C=COC=C4)C3C12. The summed E-state index contributed by atoms with van der Waals surface area (Å²) in [6, 6.07) is -0.0225. The fraction of sp³-hybridized carbons (Fsp3) is 0.467. The van der Waals surface area contributed by atoms with Gasteiger partial charge < -0.3 is 9.47 Å². The minimum Gasteiger partial charge on any atom is -0.473 e. The fourth-order valence-electron chi connectivity index (χ4n) is 3.70. The average Bonchev–Trinajstić information content (AvgIpc) is 2.79. The number of fused-ring (bicyclic) bond motifs is 4. The van der Waals surface area contributed by atoms with Gasteiger partial charge in [0.15, 0.2) is 0 Å². The molecule has 0 aromatic heterocycles. The Morgan fingerprint density at radius 1 is 1.32 bits per heavy atom. The van der Waals surface area contributed by atoms with Crippen molar-refractivity contribution in [1.82, 2.24) is 0 Å². The van der Waals surface area contributed by atoms with Crippen LogP contribution in [0.2, 0.25) is 0 Å². The van der Waals surface area contributed by atoms with Gasteiger partial charge in [-0.2, -0.15) is 0 Å². The molecule has 19 heavy (non-hydrogen) atoms. The number of ketones is 1. The van der Waals surface area contributed by atoms with Gasteiger partial charge in [-0.25, -0.2) is 0 Å². The highest BCUT2D eigenvalue weighted by Gasteiger charge is 2.56. The maximum atomic E-state index is 12.3. The van der Waals surface area contributed by atoms with Crippen LogP contribution in [-0.2, 0) is 14.3 Å². The summed E-state index contributed by atoms with van der Waals surface area (Å²) in [5.74, 6) is 0.542. The van der Waals surface area contributed by atoms with Crippen molar-refractivity contribution in [2.75, 3.05) is 6.61 Å². The Labute approximate surface area is 111 Å². The van der Waals surface area contributed by atoms with Crippen LogP contribution < -0.4 is 0 Å². The van der Waals surface area contributed by atoms with Crippen LogP contribution in [0.25, 0.3) is 0 Å². The summed E-state index contributed by atoms with van der Waals surface area (Å²) in [7, 11) is 0. The lowest BCUT2D eigenvalue weighted by atomic mass is 9.65. The van der Waals surface area contributed by atoms with Gasteiger partial charge in [-0.05, 0) is 12.2 Å². The molecule has 0 aromatic carbocycles. The number of hydrogen-bond acceptors (Lipinski definition) is 4. The average molecular weight is 257 g/mol. The van der Waals surface area contributed by atoms with E-state index < -0.39 is 5.60 Å². The lowest BCUT2D eigenvalue weighted by molar-refractivity contribution is -0.126. The number of rotatable bonds is 0. The minimum atomic E-state index is -0.501. The highest BCUT2D eigenvalue weighted by atomic mass is 16.5. The molecule has 4 heteroatoms. The summed E-state index contributed by atoms with van der Waals surface area (Å²) in [6.07, 6.45) is 13.6. The summed E-state index contributed by atoms with van der Waals surface area (Å²) in [6.45, 7) is 0.614.